The fraction of sp³-hybridized carbons (Fsp3) is 0.353. The molecule has 0 saturated carbocycles. The number of thioether (sulfide) groups is 1. The van der Waals surface area contributed by atoms with Crippen molar-refractivity contribution in [2.75, 3.05) is 12.9 Å². The number of methoxy groups -OCH3 is 1. The van der Waals surface area contributed by atoms with E-state index in [9.17, 15) is 0 Å². The van der Waals surface area contributed by atoms with E-state index < -0.39 is 0 Å². The van der Waals surface area contributed by atoms with Crippen LogP contribution in [0, 0.1) is 0 Å². The maximum atomic E-state index is 5.84. The molecule has 3 aromatic rings. The molecule has 0 aliphatic rings. The Kier molecular flexibility index (Phi) is 5.60. The summed E-state index contributed by atoms with van der Waals surface area (Å²) in [5, 5.41) is 8.82. The highest BCUT2D eigenvalue weighted by atomic mass is 32.2. The van der Waals surface area contributed by atoms with Crippen molar-refractivity contribution in [1.29, 1.82) is 0 Å². The molecule has 0 amide bonds. The minimum atomic E-state index is 0.273. The number of hydrogen-bond acceptors (Lipinski definition) is 6. The van der Waals surface area contributed by atoms with E-state index in [1.54, 1.807) is 29.8 Å². The first kappa shape index (κ1) is 17.3. The van der Waals surface area contributed by atoms with E-state index in [1.807, 2.05) is 42.1 Å². The molecule has 132 valence electrons. The molecule has 0 radical (unpaired) electrons. The van der Waals surface area contributed by atoms with E-state index in [0.29, 0.717) is 17.3 Å². The van der Waals surface area contributed by atoms with E-state index in [-0.39, 0.29) is 6.61 Å². The predicted molar refractivity (Wildman–Crippen MR) is 97.3 cm³/mol. The molecule has 0 aliphatic carbocycles. The van der Waals surface area contributed by atoms with Gasteiger partial charge in [-0.25, -0.2) is 4.98 Å². The molecule has 8 heteroatoms. The van der Waals surface area contributed by atoms with Crippen molar-refractivity contribution in [3.05, 3.63) is 48.2 Å². The molecule has 1 aromatic carbocycles. The van der Waals surface area contributed by atoms with Gasteiger partial charge in [0.1, 0.15) is 12.4 Å². The molecule has 0 aliphatic heterocycles. The number of nitrogens with zero attached hydrogens (tertiary/aromatic N) is 5. The van der Waals surface area contributed by atoms with Crippen molar-refractivity contribution in [1.82, 2.24) is 24.5 Å². The largest absolute Gasteiger partial charge is 0.493 e. The van der Waals surface area contributed by atoms with E-state index >= 15 is 0 Å². The maximum absolute atomic E-state index is 5.84. The van der Waals surface area contributed by atoms with Gasteiger partial charge in [-0.3, -0.25) is 4.68 Å². The van der Waals surface area contributed by atoms with Gasteiger partial charge in [0.25, 0.3) is 0 Å². The van der Waals surface area contributed by atoms with Gasteiger partial charge >= 0.3 is 0 Å². The minimum Gasteiger partial charge on any atom is -0.493 e. The van der Waals surface area contributed by atoms with E-state index in [1.165, 1.54) is 0 Å². The molecule has 0 unspecified atom stereocenters. The number of hydrogen-bond donors (Lipinski definition) is 0. The number of aryl methyl sites for hydroxylation is 1. The van der Waals surface area contributed by atoms with Crippen LogP contribution in [-0.2, 0) is 19.4 Å². The highest BCUT2D eigenvalue weighted by Crippen LogP contribution is 2.26. The monoisotopic (exact) mass is 359 g/mol. The average molecular weight is 359 g/mol. The fourth-order valence-corrected chi connectivity index (χ4v) is 2.95. The third kappa shape index (κ3) is 3.96. The Labute approximate surface area is 151 Å². The molecule has 0 N–H and O–H groups in total. The van der Waals surface area contributed by atoms with Crippen LogP contribution < -0.4 is 9.47 Å². The quantitative estimate of drug-likeness (QED) is 0.616. The Morgan fingerprint density at radius 1 is 1.16 bits per heavy atom. The summed E-state index contributed by atoms with van der Waals surface area (Å²) in [5.41, 5.74) is 0. The van der Waals surface area contributed by atoms with Crippen LogP contribution in [0.3, 0.4) is 0 Å². The van der Waals surface area contributed by atoms with Gasteiger partial charge in [0.05, 0.1) is 19.1 Å². The lowest BCUT2D eigenvalue weighted by molar-refractivity contribution is 0.276. The summed E-state index contributed by atoms with van der Waals surface area (Å²) < 4.78 is 14.8. The summed E-state index contributed by atoms with van der Waals surface area (Å²) in [4.78, 5) is 4.64. The number of para-hydroxylation sites is 2. The first-order valence-electron chi connectivity index (χ1n) is 7.99. The van der Waals surface area contributed by atoms with Crippen LogP contribution >= 0.6 is 11.8 Å². The van der Waals surface area contributed by atoms with Gasteiger partial charge in [0.15, 0.2) is 23.1 Å². The third-order valence-corrected chi connectivity index (χ3v) is 4.46. The smallest absolute Gasteiger partial charge is 0.188 e. The van der Waals surface area contributed by atoms with E-state index in [2.05, 4.69) is 22.1 Å². The molecule has 2 aromatic heterocycles. The second-order valence-electron chi connectivity index (χ2n) is 5.25. The summed E-state index contributed by atoms with van der Waals surface area (Å²) in [5.74, 6) is 5.55. The fourth-order valence-electron chi connectivity index (χ4n) is 2.38. The predicted octanol–water partition coefficient (Wildman–Crippen LogP) is 2.84. The van der Waals surface area contributed by atoms with Crippen LogP contribution in [0.1, 0.15) is 18.6 Å². The average Bonchev–Trinajstić information content (AvgIpc) is 3.23. The summed E-state index contributed by atoms with van der Waals surface area (Å²) >= 11 is 1.80. The Balaban J connectivity index is 1.82. The number of rotatable bonds is 8. The highest BCUT2D eigenvalue weighted by Gasteiger charge is 2.15. The molecule has 0 spiro atoms. The molecule has 0 atom stereocenters. The highest BCUT2D eigenvalue weighted by molar-refractivity contribution is 7.98. The normalized spacial score (nSPS) is 10.8. The van der Waals surface area contributed by atoms with Gasteiger partial charge in [-0.1, -0.05) is 19.1 Å². The lowest BCUT2D eigenvalue weighted by Gasteiger charge is -2.08. The first-order valence-corrected chi connectivity index (χ1v) is 9.15. The van der Waals surface area contributed by atoms with Crippen LogP contribution in [0.4, 0.5) is 0 Å². The summed E-state index contributed by atoms with van der Waals surface area (Å²) in [6, 6.07) is 9.45. The summed E-state index contributed by atoms with van der Waals surface area (Å²) in [7, 11) is 3.51. The molecule has 2 heterocycles. The number of benzene rings is 1. The van der Waals surface area contributed by atoms with E-state index in [4.69, 9.17) is 9.47 Å². The molecule has 7 nitrogen and oxygen atoms in total. The summed E-state index contributed by atoms with van der Waals surface area (Å²) in [6.45, 7) is 2.40. The zero-order chi connectivity index (χ0) is 17.6. The minimum absolute atomic E-state index is 0.273. The maximum Gasteiger partial charge on any atom is 0.188 e. The molecular formula is C17H21N5O2S. The van der Waals surface area contributed by atoms with Gasteiger partial charge < -0.3 is 9.47 Å². The van der Waals surface area contributed by atoms with Crippen molar-refractivity contribution in [3.8, 4) is 17.3 Å². The molecule has 3 rings (SSSR count). The Hall–Kier alpha value is -2.48. The first-order chi connectivity index (χ1) is 12.2. The molecule has 0 fully saturated rings. The SMILES string of the molecule is CCSCc1nc(COc2ccccc2OC)nn1-c1ccnn1C. The van der Waals surface area contributed by atoms with Gasteiger partial charge in [-0.05, 0) is 17.9 Å². The zero-order valence-corrected chi connectivity index (χ0v) is 15.4. The van der Waals surface area contributed by atoms with Crippen LogP contribution in [-0.4, -0.2) is 37.4 Å². The van der Waals surface area contributed by atoms with Gasteiger partial charge in [-0.15, -0.1) is 5.10 Å². The standard InChI is InChI=1S/C17H21N5O2S/c1-4-25-12-16-19-15(20-22(16)17-9-10-18-21(17)2)11-24-14-8-6-5-7-13(14)23-3/h5-10H,4,11-12H2,1-3H3. The second-order valence-corrected chi connectivity index (χ2v) is 6.52. The molecule has 0 bridgehead atoms. The molecule has 25 heavy (non-hydrogen) atoms. The van der Waals surface area contributed by atoms with Crippen molar-refractivity contribution in [3.63, 3.8) is 0 Å². The van der Waals surface area contributed by atoms with Crippen LogP contribution in [0.2, 0.25) is 0 Å². The van der Waals surface area contributed by atoms with Crippen molar-refractivity contribution < 1.29 is 9.47 Å². The Morgan fingerprint density at radius 3 is 2.64 bits per heavy atom. The second kappa shape index (κ2) is 8.06. The van der Waals surface area contributed by atoms with Crippen molar-refractivity contribution in [2.45, 2.75) is 19.3 Å². The van der Waals surface area contributed by atoms with Crippen LogP contribution in [0.15, 0.2) is 36.5 Å². The Morgan fingerprint density at radius 2 is 1.96 bits per heavy atom. The van der Waals surface area contributed by atoms with Gasteiger partial charge in [-0.2, -0.15) is 21.5 Å². The van der Waals surface area contributed by atoms with Gasteiger partial charge in [0, 0.05) is 13.1 Å². The third-order valence-electron chi connectivity index (χ3n) is 3.59. The number of ether oxygens (including phenoxy) is 2. The van der Waals surface area contributed by atoms with Gasteiger partial charge in [0.2, 0.25) is 0 Å². The molecule has 0 saturated heterocycles. The zero-order valence-electron chi connectivity index (χ0n) is 14.5. The van der Waals surface area contributed by atoms with E-state index in [0.717, 1.165) is 23.1 Å². The van der Waals surface area contributed by atoms with Crippen LogP contribution in [0.5, 0.6) is 11.5 Å². The number of aromatic nitrogens is 5. The van der Waals surface area contributed by atoms with Crippen molar-refractivity contribution >= 4 is 11.8 Å². The topological polar surface area (TPSA) is 67.0 Å². The van der Waals surface area contributed by atoms with Crippen molar-refractivity contribution in [2.24, 2.45) is 7.05 Å². The molecular weight excluding hydrogens is 338 g/mol. The van der Waals surface area contributed by atoms with Crippen LogP contribution in [0.25, 0.3) is 5.82 Å². The lowest BCUT2D eigenvalue weighted by Crippen LogP contribution is -2.08. The lowest BCUT2D eigenvalue weighted by atomic mass is 10.3. The Bertz CT molecular complexity index is 830. The summed E-state index contributed by atoms with van der Waals surface area (Å²) in [6.07, 6.45) is 1.75.